The second-order valence-corrected chi connectivity index (χ2v) is 4.59. The van der Waals surface area contributed by atoms with Crippen LogP contribution in [0.25, 0.3) is 11.5 Å². The summed E-state index contributed by atoms with van der Waals surface area (Å²) in [7, 11) is 1.54. The number of guanidine groups is 1. The number of thiazole rings is 1. The second-order valence-electron chi connectivity index (χ2n) is 3.75. The number of nitrogens with one attached hydrogen (secondary N) is 1. The maximum atomic E-state index is 11.5. The van der Waals surface area contributed by atoms with E-state index in [-0.39, 0.29) is 17.6 Å². The van der Waals surface area contributed by atoms with Crippen LogP contribution in [0.1, 0.15) is 16.1 Å². The Kier molecular flexibility index (Phi) is 3.52. The highest BCUT2D eigenvalue weighted by Crippen LogP contribution is 2.30. The lowest BCUT2D eigenvalue weighted by molar-refractivity contribution is 0.0936. The molecule has 100 valence electrons. The highest BCUT2D eigenvalue weighted by atomic mass is 32.1. The fraction of sp³-hybridized carbons (Fsp3) is 0.182. The molecule has 0 unspecified atom stereocenters. The predicted molar refractivity (Wildman–Crippen MR) is 73.4 cm³/mol. The van der Waals surface area contributed by atoms with E-state index in [0.717, 1.165) is 5.56 Å². The smallest absolute Gasteiger partial charge is 0.286 e. The molecule has 0 radical (unpaired) electrons. The van der Waals surface area contributed by atoms with Crippen LogP contribution in [0.5, 0.6) is 0 Å². The lowest BCUT2D eigenvalue weighted by atomic mass is 10.2. The first-order chi connectivity index (χ1) is 9.01. The average molecular weight is 279 g/mol. The van der Waals surface area contributed by atoms with Gasteiger partial charge in [0.25, 0.3) is 5.91 Å². The summed E-state index contributed by atoms with van der Waals surface area (Å²) in [6.45, 7) is 1.84. The van der Waals surface area contributed by atoms with Crippen molar-refractivity contribution in [3.63, 3.8) is 0 Å². The molecule has 0 aliphatic rings. The normalized spacial score (nSPS) is 10.2. The zero-order chi connectivity index (χ0) is 14.0. The molecule has 1 amide bonds. The number of hydrogen-bond acceptors (Lipinski definition) is 5. The van der Waals surface area contributed by atoms with Crippen molar-refractivity contribution in [2.45, 2.75) is 6.92 Å². The summed E-state index contributed by atoms with van der Waals surface area (Å²) < 4.78 is 5.49. The second kappa shape index (κ2) is 5.11. The van der Waals surface area contributed by atoms with Crippen LogP contribution >= 0.6 is 11.3 Å². The Labute approximate surface area is 113 Å². The van der Waals surface area contributed by atoms with Crippen LogP contribution in [-0.2, 0) is 0 Å². The molecular formula is C11H13N5O2S. The maximum Gasteiger partial charge on any atom is 0.286 e. The van der Waals surface area contributed by atoms with Crippen LogP contribution in [0.15, 0.2) is 20.9 Å². The molecule has 0 spiro atoms. The van der Waals surface area contributed by atoms with Crippen molar-refractivity contribution in [2.24, 2.45) is 16.5 Å². The molecule has 0 aromatic carbocycles. The molecule has 0 atom stereocenters. The third-order valence-electron chi connectivity index (χ3n) is 2.32. The fourth-order valence-corrected chi connectivity index (χ4v) is 2.19. The number of aliphatic imine (C=N–C) groups is 1. The summed E-state index contributed by atoms with van der Waals surface area (Å²) in [5.74, 6) is 0.440. The third-order valence-corrected chi connectivity index (χ3v) is 3.05. The molecule has 5 N–H and O–H groups in total. The number of hydrogen-bond donors (Lipinski definition) is 3. The Morgan fingerprint density at radius 2 is 2.26 bits per heavy atom. The Balaban J connectivity index is 2.37. The number of nitrogens with two attached hydrogens (primary N) is 2. The van der Waals surface area contributed by atoms with Gasteiger partial charge in [-0.25, -0.2) is 4.98 Å². The van der Waals surface area contributed by atoms with Crippen LogP contribution in [0.4, 0.5) is 5.13 Å². The van der Waals surface area contributed by atoms with Gasteiger partial charge in [0.05, 0.1) is 0 Å². The first kappa shape index (κ1) is 13.1. The first-order valence-electron chi connectivity index (χ1n) is 5.39. The molecule has 0 aliphatic heterocycles. The molecule has 2 heterocycles. The number of amides is 1. The van der Waals surface area contributed by atoms with Crippen LogP contribution < -0.4 is 16.8 Å². The number of carbonyl (C=O) groups excluding carboxylic acids is 1. The maximum absolute atomic E-state index is 11.5. The summed E-state index contributed by atoms with van der Waals surface area (Å²) >= 11 is 1.29. The van der Waals surface area contributed by atoms with E-state index in [2.05, 4.69) is 15.3 Å². The first-order valence-corrected chi connectivity index (χ1v) is 6.27. The van der Waals surface area contributed by atoms with E-state index < -0.39 is 0 Å². The van der Waals surface area contributed by atoms with E-state index in [1.807, 2.05) is 6.92 Å². The molecule has 2 aromatic heterocycles. The zero-order valence-corrected chi connectivity index (χ0v) is 11.2. The highest BCUT2D eigenvalue weighted by molar-refractivity contribution is 7.13. The molecule has 0 bridgehead atoms. The summed E-state index contributed by atoms with van der Waals surface area (Å²) in [4.78, 5) is 19.6. The molecule has 2 rings (SSSR count). The summed E-state index contributed by atoms with van der Waals surface area (Å²) in [5.41, 5.74) is 12.0. The van der Waals surface area contributed by atoms with Gasteiger partial charge >= 0.3 is 0 Å². The van der Waals surface area contributed by atoms with Gasteiger partial charge in [-0.1, -0.05) is 0 Å². The average Bonchev–Trinajstić information content (AvgIpc) is 2.94. The van der Waals surface area contributed by atoms with E-state index >= 15 is 0 Å². The molecule has 2 aromatic rings. The van der Waals surface area contributed by atoms with Gasteiger partial charge in [0, 0.05) is 12.4 Å². The lowest BCUT2D eigenvalue weighted by Crippen LogP contribution is -2.21. The fourth-order valence-electron chi connectivity index (χ4n) is 1.50. The van der Waals surface area contributed by atoms with Gasteiger partial charge in [-0.3, -0.25) is 4.79 Å². The van der Waals surface area contributed by atoms with E-state index in [1.54, 1.807) is 18.5 Å². The van der Waals surface area contributed by atoms with Gasteiger partial charge in [-0.15, -0.1) is 11.3 Å². The molecule has 0 saturated heterocycles. The van der Waals surface area contributed by atoms with Crippen molar-refractivity contribution in [1.82, 2.24) is 10.3 Å². The van der Waals surface area contributed by atoms with Crippen molar-refractivity contribution >= 4 is 28.3 Å². The van der Waals surface area contributed by atoms with Gasteiger partial charge < -0.3 is 21.2 Å². The Morgan fingerprint density at radius 1 is 1.53 bits per heavy atom. The Morgan fingerprint density at radius 3 is 2.89 bits per heavy atom. The molecule has 0 aliphatic carbocycles. The molecule has 0 saturated carbocycles. The van der Waals surface area contributed by atoms with Gasteiger partial charge in [-0.05, 0) is 18.6 Å². The standard InChI is InChI=1S/C11H13N5O2S/c1-5-3-7(9(17)14-2)18-8(5)6-4-19-11(15-6)16-10(12)13/h3-4H,1-2H3,(H,14,17)(H4,12,13,15,16). The predicted octanol–water partition coefficient (Wildman–Crippen LogP) is 0.976. The summed E-state index contributed by atoms with van der Waals surface area (Å²) in [6.07, 6.45) is 0. The number of aromatic nitrogens is 1. The molecule has 7 nitrogen and oxygen atoms in total. The van der Waals surface area contributed by atoms with Gasteiger partial charge in [0.1, 0.15) is 5.69 Å². The Hall–Kier alpha value is -2.35. The molecule has 0 fully saturated rings. The van der Waals surface area contributed by atoms with Gasteiger partial charge in [-0.2, -0.15) is 4.99 Å². The lowest BCUT2D eigenvalue weighted by Gasteiger charge is -1.94. The largest absolute Gasteiger partial charge is 0.449 e. The molecular weight excluding hydrogens is 266 g/mol. The molecule has 19 heavy (non-hydrogen) atoms. The van der Waals surface area contributed by atoms with Gasteiger partial charge in [0.15, 0.2) is 17.5 Å². The summed E-state index contributed by atoms with van der Waals surface area (Å²) in [6, 6.07) is 1.66. The monoisotopic (exact) mass is 279 g/mol. The van der Waals surface area contributed by atoms with Crippen LogP contribution in [0, 0.1) is 6.92 Å². The number of nitrogens with zero attached hydrogens (tertiary/aromatic N) is 2. The SMILES string of the molecule is CNC(=O)c1cc(C)c(-c2csc(N=C(N)N)n2)o1. The van der Waals surface area contributed by atoms with Crippen molar-refractivity contribution in [1.29, 1.82) is 0 Å². The Bertz CT molecular complexity index is 639. The quantitative estimate of drug-likeness (QED) is 0.571. The minimum atomic E-state index is -0.283. The van der Waals surface area contributed by atoms with Crippen molar-refractivity contribution in [3.8, 4) is 11.5 Å². The number of aryl methyl sites for hydroxylation is 1. The topological polar surface area (TPSA) is 120 Å². The zero-order valence-electron chi connectivity index (χ0n) is 10.4. The van der Waals surface area contributed by atoms with E-state index in [4.69, 9.17) is 15.9 Å². The summed E-state index contributed by atoms with van der Waals surface area (Å²) in [5, 5.41) is 4.70. The van der Waals surface area contributed by atoms with E-state index in [1.165, 1.54) is 11.3 Å². The number of rotatable bonds is 3. The number of carbonyl (C=O) groups is 1. The van der Waals surface area contributed by atoms with Crippen LogP contribution in [0.2, 0.25) is 0 Å². The van der Waals surface area contributed by atoms with Gasteiger partial charge in [0.2, 0.25) is 5.13 Å². The highest BCUT2D eigenvalue weighted by Gasteiger charge is 2.16. The minimum Gasteiger partial charge on any atom is -0.449 e. The van der Waals surface area contributed by atoms with Crippen molar-refractivity contribution in [2.75, 3.05) is 7.05 Å². The van der Waals surface area contributed by atoms with E-state index in [9.17, 15) is 4.79 Å². The molecule has 8 heteroatoms. The van der Waals surface area contributed by atoms with Crippen LogP contribution in [-0.4, -0.2) is 23.9 Å². The van der Waals surface area contributed by atoms with E-state index in [0.29, 0.717) is 16.6 Å². The van der Waals surface area contributed by atoms with Crippen LogP contribution in [0.3, 0.4) is 0 Å². The minimum absolute atomic E-state index is 0.0527. The number of furan rings is 1. The van der Waals surface area contributed by atoms with Crippen molar-refractivity contribution < 1.29 is 9.21 Å². The third kappa shape index (κ3) is 2.74. The van der Waals surface area contributed by atoms with Crippen molar-refractivity contribution in [3.05, 3.63) is 22.8 Å².